The van der Waals surface area contributed by atoms with Crippen LogP contribution in [0.5, 0.6) is 0 Å². The van der Waals surface area contributed by atoms with Crippen molar-refractivity contribution in [2.45, 2.75) is 32.6 Å². The predicted octanol–water partition coefficient (Wildman–Crippen LogP) is 1.85. The number of hydrogen-bond acceptors (Lipinski definition) is 4. The Kier molecular flexibility index (Phi) is 10.4. The van der Waals surface area contributed by atoms with E-state index < -0.39 is 0 Å². The van der Waals surface area contributed by atoms with E-state index in [1.54, 1.807) is 7.11 Å². The summed E-state index contributed by atoms with van der Waals surface area (Å²) in [5.74, 6) is 0. The van der Waals surface area contributed by atoms with E-state index in [-0.39, 0.29) is 0 Å². The fraction of sp³-hybridized carbons (Fsp3) is 1.00. The fourth-order valence-electron chi connectivity index (χ4n) is 2.38. The van der Waals surface area contributed by atoms with Crippen LogP contribution in [0.15, 0.2) is 0 Å². The molecule has 0 spiro atoms. The molecule has 114 valence electrons. The maximum Gasteiger partial charge on any atom is 0.0593 e. The normalized spacial score (nSPS) is 18.0. The molecule has 0 bridgehead atoms. The molecule has 1 heterocycles. The third-order valence-electron chi connectivity index (χ3n) is 3.77. The summed E-state index contributed by atoms with van der Waals surface area (Å²) in [5, 5.41) is 0. The van der Waals surface area contributed by atoms with Gasteiger partial charge in [-0.3, -0.25) is 9.80 Å². The van der Waals surface area contributed by atoms with Crippen LogP contribution in [-0.4, -0.2) is 76.0 Å². The van der Waals surface area contributed by atoms with Gasteiger partial charge in [-0.2, -0.15) is 0 Å². The quantitative estimate of drug-likeness (QED) is 0.536. The standard InChI is InChI=1S/C15H32N2O2/c1-3-4-5-6-13-19-15-12-17-9-7-16(8-10-17)11-14-18-2/h3-15H2,1-2H3. The summed E-state index contributed by atoms with van der Waals surface area (Å²) in [4.78, 5) is 4.99. The van der Waals surface area contributed by atoms with E-state index in [1.807, 2.05) is 0 Å². The number of methoxy groups -OCH3 is 1. The lowest BCUT2D eigenvalue weighted by molar-refractivity contribution is 0.0642. The monoisotopic (exact) mass is 272 g/mol. The molecule has 1 saturated heterocycles. The van der Waals surface area contributed by atoms with Crippen LogP contribution in [0.1, 0.15) is 32.6 Å². The second kappa shape index (κ2) is 11.6. The summed E-state index contributed by atoms with van der Waals surface area (Å²) in [7, 11) is 1.77. The molecule has 0 atom stereocenters. The van der Waals surface area contributed by atoms with Crippen LogP contribution in [0.2, 0.25) is 0 Å². The molecule has 0 radical (unpaired) electrons. The summed E-state index contributed by atoms with van der Waals surface area (Å²) >= 11 is 0. The number of piperazine rings is 1. The third kappa shape index (κ3) is 8.58. The minimum Gasteiger partial charge on any atom is -0.383 e. The van der Waals surface area contributed by atoms with E-state index in [9.17, 15) is 0 Å². The highest BCUT2D eigenvalue weighted by Crippen LogP contribution is 2.02. The lowest BCUT2D eigenvalue weighted by Gasteiger charge is -2.34. The molecule has 0 aromatic heterocycles. The molecule has 0 saturated carbocycles. The molecule has 0 N–H and O–H groups in total. The maximum absolute atomic E-state index is 5.70. The van der Waals surface area contributed by atoms with E-state index >= 15 is 0 Å². The zero-order valence-corrected chi connectivity index (χ0v) is 12.9. The summed E-state index contributed by atoms with van der Waals surface area (Å²) < 4.78 is 10.8. The van der Waals surface area contributed by atoms with E-state index in [2.05, 4.69) is 16.7 Å². The van der Waals surface area contributed by atoms with Gasteiger partial charge in [0.1, 0.15) is 0 Å². The Morgan fingerprint density at radius 1 is 0.789 bits per heavy atom. The molecule has 4 heteroatoms. The van der Waals surface area contributed by atoms with Crippen molar-refractivity contribution in [1.29, 1.82) is 0 Å². The first-order valence-corrected chi connectivity index (χ1v) is 7.88. The molecule has 1 rings (SSSR count). The Balaban J connectivity index is 1.89. The van der Waals surface area contributed by atoms with Crippen molar-refractivity contribution in [2.75, 3.05) is 66.2 Å². The summed E-state index contributed by atoms with van der Waals surface area (Å²) in [6, 6.07) is 0. The maximum atomic E-state index is 5.70. The molecule has 1 aliphatic rings. The van der Waals surface area contributed by atoms with Crippen LogP contribution in [0.25, 0.3) is 0 Å². The van der Waals surface area contributed by atoms with Gasteiger partial charge in [0, 0.05) is 53.0 Å². The highest BCUT2D eigenvalue weighted by atomic mass is 16.5. The van der Waals surface area contributed by atoms with E-state index in [4.69, 9.17) is 9.47 Å². The molecule has 0 amide bonds. The summed E-state index contributed by atoms with van der Waals surface area (Å²) in [6.07, 6.45) is 5.17. The number of unbranched alkanes of at least 4 members (excludes halogenated alkanes) is 3. The minimum atomic E-state index is 0.848. The first kappa shape index (κ1) is 16.9. The van der Waals surface area contributed by atoms with Crippen LogP contribution in [0, 0.1) is 0 Å². The third-order valence-corrected chi connectivity index (χ3v) is 3.77. The number of hydrogen-bond donors (Lipinski definition) is 0. The first-order chi connectivity index (χ1) is 9.36. The molecule has 1 fully saturated rings. The zero-order valence-electron chi connectivity index (χ0n) is 12.9. The van der Waals surface area contributed by atoms with Gasteiger partial charge in [-0.05, 0) is 6.42 Å². The predicted molar refractivity (Wildman–Crippen MR) is 79.7 cm³/mol. The second-order valence-corrected chi connectivity index (χ2v) is 5.35. The molecule has 1 aliphatic heterocycles. The Hall–Kier alpha value is -0.160. The van der Waals surface area contributed by atoms with Crippen molar-refractivity contribution in [3.05, 3.63) is 0 Å². The Morgan fingerprint density at radius 3 is 2.00 bits per heavy atom. The number of ether oxygens (including phenoxy) is 2. The van der Waals surface area contributed by atoms with Crippen molar-refractivity contribution in [3.63, 3.8) is 0 Å². The zero-order chi connectivity index (χ0) is 13.8. The van der Waals surface area contributed by atoms with Crippen LogP contribution in [-0.2, 0) is 9.47 Å². The average Bonchev–Trinajstić information content (AvgIpc) is 2.45. The summed E-state index contributed by atoms with van der Waals surface area (Å²) in [6.45, 7) is 11.8. The Morgan fingerprint density at radius 2 is 1.42 bits per heavy atom. The first-order valence-electron chi connectivity index (χ1n) is 7.88. The molecule has 0 aromatic carbocycles. The molecular formula is C15H32N2O2. The largest absolute Gasteiger partial charge is 0.383 e. The SMILES string of the molecule is CCCCCCOCCN1CCN(CCOC)CC1. The van der Waals surface area contributed by atoms with E-state index in [0.717, 1.165) is 32.9 Å². The minimum absolute atomic E-state index is 0.848. The summed E-state index contributed by atoms with van der Waals surface area (Å²) in [5.41, 5.74) is 0. The second-order valence-electron chi connectivity index (χ2n) is 5.35. The van der Waals surface area contributed by atoms with Crippen molar-refractivity contribution in [1.82, 2.24) is 9.80 Å². The van der Waals surface area contributed by atoms with Crippen molar-refractivity contribution >= 4 is 0 Å². The number of rotatable bonds is 11. The molecule has 4 nitrogen and oxygen atoms in total. The molecule has 0 unspecified atom stereocenters. The number of nitrogens with zero attached hydrogens (tertiary/aromatic N) is 2. The van der Waals surface area contributed by atoms with Gasteiger partial charge in [0.15, 0.2) is 0 Å². The van der Waals surface area contributed by atoms with Gasteiger partial charge < -0.3 is 9.47 Å². The van der Waals surface area contributed by atoms with Crippen molar-refractivity contribution < 1.29 is 9.47 Å². The van der Waals surface area contributed by atoms with E-state index in [0.29, 0.717) is 0 Å². The van der Waals surface area contributed by atoms with Crippen LogP contribution < -0.4 is 0 Å². The molecule has 19 heavy (non-hydrogen) atoms. The van der Waals surface area contributed by atoms with Gasteiger partial charge in [0.25, 0.3) is 0 Å². The average molecular weight is 272 g/mol. The smallest absolute Gasteiger partial charge is 0.0593 e. The molecular weight excluding hydrogens is 240 g/mol. The molecule has 0 aromatic rings. The van der Waals surface area contributed by atoms with Crippen LogP contribution in [0.4, 0.5) is 0 Å². The van der Waals surface area contributed by atoms with Gasteiger partial charge in [-0.25, -0.2) is 0 Å². The van der Waals surface area contributed by atoms with E-state index in [1.165, 1.54) is 51.9 Å². The van der Waals surface area contributed by atoms with Crippen LogP contribution in [0.3, 0.4) is 0 Å². The van der Waals surface area contributed by atoms with Gasteiger partial charge in [-0.1, -0.05) is 26.2 Å². The lowest BCUT2D eigenvalue weighted by Crippen LogP contribution is -2.48. The Labute approximate surface area is 119 Å². The highest BCUT2D eigenvalue weighted by Gasteiger charge is 2.15. The van der Waals surface area contributed by atoms with Crippen LogP contribution >= 0.6 is 0 Å². The molecule has 0 aliphatic carbocycles. The van der Waals surface area contributed by atoms with Gasteiger partial charge in [0.2, 0.25) is 0 Å². The van der Waals surface area contributed by atoms with Crippen molar-refractivity contribution in [2.24, 2.45) is 0 Å². The highest BCUT2D eigenvalue weighted by molar-refractivity contribution is 4.71. The Bertz CT molecular complexity index is 195. The lowest BCUT2D eigenvalue weighted by atomic mass is 10.2. The van der Waals surface area contributed by atoms with Crippen molar-refractivity contribution in [3.8, 4) is 0 Å². The topological polar surface area (TPSA) is 24.9 Å². The van der Waals surface area contributed by atoms with Gasteiger partial charge >= 0.3 is 0 Å². The fourth-order valence-corrected chi connectivity index (χ4v) is 2.38. The van der Waals surface area contributed by atoms with Gasteiger partial charge in [0.05, 0.1) is 13.2 Å². The van der Waals surface area contributed by atoms with Gasteiger partial charge in [-0.15, -0.1) is 0 Å².